The molecule has 1 N–H and O–H groups in total. The van der Waals surface area contributed by atoms with Crippen molar-refractivity contribution in [2.75, 3.05) is 0 Å². The third-order valence-electron chi connectivity index (χ3n) is 1.04. The largest absolute Gasteiger partial charge is 0.358 e. The highest BCUT2D eigenvalue weighted by Gasteiger charge is 2.02. The highest BCUT2D eigenvalue weighted by atomic mass is 79.9. The Labute approximate surface area is 75.5 Å². The second-order valence-corrected chi connectivity index (χ2v) is 3.04. The lowest BCUT2D eigenvalue weighted by atomic mass is 10.5. The lowest BCUT2D eigenvalue weighted by molar-refractivity contribution is -0.389. The topological polar surface area (TPSA) is 58.9 Å². The average Bonchev–Trinajstić information content (AvgIpc) is 1.94. The van der Waals surface area contributed by atoms with Crippen LogP contribution in [0.4, 0.5) is 5.82 Å². The summed E-state index contributed by atoms with van der Waals surface area (Å²) in [5.41, 5.74) is 0. The fourth-order valence-corrected chi connectivity index (χ4v) is 0.956. The predicted octanol–water partition coefficient (Wildman–Crippen LogP) is 2.41. The Bertz CT molecular complexity index is 349. The maximum atomic E-state index is 10.2. The van der Waals surface area contributed by atoms with Crippen LogP contribution in [-0.4, -0.2) is 9.91 Å². The molecule has 6 heteroatoms. The molecular weight excluding hydrogens is 232 g/mol. The number of rotatable bonds is 1. The van der Waals surface area contributed by atoms with E-state index >= 15 is 0 Å². The van der Waals surface area contributed by atoms with E-state index < -0.39 is 4.92 Å². The lowest BCUT2D eigenvalue weighted by Gasteiger charge is -1.92. The number of nitro groups is 1. The summed E-state index contributed by atoms with van der Waals surface area (Å²) in [5, 5.41) is 10.2. The fourth-order valence-electron chi connectivity index (χ4n) is 0.552. The second-order valence-electron chi connectivity index (χ2n) is 1.78. The first-order chi connectivity index (χ1) is 5.11. The number of halogens is 1. The number of nitrogens with zero attached hydrogens (tertiary/aromatic N) is 1. The van der Waals surface area contributed by atoms with Crippen LogP contribution in [0.2, 0.25) is 0 Å². The van der Waals surface area contributed by atoms with Crippen molar-refractivity contribution in [3.8, 4) is 0 Å². The molecule has 1 aromatic rings. The van der Waals surface area contributed by atoms with E-state index in [1.165, 1.54) is 12.1 Å². The van der Waals surface area contributed by atoms with Crippen LogP contribution in [0, 0.1) is 14.8 Å². The van der Waals surface area contributed by atoms with E-state index in [1.807, 2.05) is 0 Å². The minimum atomic E-state index is -0.526. The van der Waals surface area contributed by atoms with Crippen molar-refractivity contribution < 1.29 is 4.92 Å². The molecule has 0 amide bonds. The number of aromatic nitrogens is 1. The van der Waals surface area contributed by atoms with Gasteiger partial charge >= 0.3 is 5.82 Å². The van der Waals surface area contributed by atoms with Gasteiger partial charge in [-0.25, -0.2) is 4.98 Å². The normalized spacial score (nSPS) is 9.55. The van der Waals surface area contributed by atoms with Gasteiger partial charge in [0.25, 0.3) is 0 Å². The van der Waals surface area contributed by atoms with E-state index in [-0.39, 0.29) is 5.82 Å². The molecule has 1 aromatic heterocycles. The van der Waals surface area contributed by atoms with Gasteiger partial charge in [-0.15, -0.1) is 0 Å². The Hall–Kier alpha value is -0.750. The molecule has 0 aromatic carbocycles. The number of hydrogen-bond acceptors (Lipinski definition) is 3. The first-order valence-electron chi connectivity index (χ1n) is 2.64. The van der Waals surface area contributed by atoms with E-state index in [1.54, 1.807) is 0 Å². The van der Waals surface area contributed by atoms with Gasteiger partial charge in [-0.1, -0.05) is 0 Å². The van der Waals surface area contributed by atoms with Gasteiger partial charge in [0.15, 0.2) is 0 Å². The molecule has 1 heterocycles. The second kappa shape index (κ2) is 3.10. The molecule has 0 aliphatic carbocycles. The number of nitrogens with one attached hydrogen (secondary N) is 1. The van der Waals surface area contributed by atoms with E-state index in [9.17, 15) is 10.1 Å². The lowest BCUT2D eigenvalue weighted by Crippen LogP contribution is -1.91. The van der Waals surface area contributed by atoms with Gasteiger partial charge in [0.1, 0.15) is 0 Å². The minimum absolute atomic E-state index is 0.0989. The SMILES string of the molecule is O=[N+]([O-])c1ccc(Br)c(=S)[nH]1. The summed E-state index contributed by atoms with van der Waals surface area (Å²) in [6.45, 7) is 0. The molecule has 0 aliphatic heterocycles. The van der Waals surface area contributed by atoms with Gasteiger partial charge in [-0.2, -0.15) is 0 Å². The van der Waals surface area contributed by atoms with E-state index in [4.69, 9.17) is 12.2 Å². The Morgan fingerprint density at radius 1 is 1.64 bits per heavy atom. The maximum Gasteiger partial charge on any atom is 0.321 e. The zero-order valence-corrected chi connectivity index (χ0v) is 7.61. The summed E-state index contributed by atoms with van der Waals surface area (Å²) in [4.78, 5) is 12.1. The Morgan fingerprint density at radius 3 is 2.73 bits per heavy atom. The van der Waals surface area contributed by atoms with Crippen LogP contribution in [0.15, 0.2) is 16.6 Å². The molecule has 0 saturated carbocycles. The summed E-state index contributed by atoms with van der Waals surface area (Å²) in [5.74, 6) is -0.0989. The van der Waals surface area contributed by atoms with E-state index in [0.29, 0.717) is 9.11 Å². The molecule has 0 spiro atoms. The molecule has 0 aliphatic rings. The van der Waals surface area contributed by atoms with Gasteiger partial charge in [-0.3, -0.25) is 0 Å². The van der Waals surface area contributed by atoms with Crippen molar-refractivity contribution in [1.29, 1.82) is 0 Å². The van der Waals surface area contributed by atoms with Gasteiger partial charge < -0.3 is 10.1 Å². The summed E-state index contributed by atoms with van der Waals surface area (Å²) < 4.78 is 0.984. The average molecular weight is 235 g/mol. The molecule has 0 unspecified atom stereocenters. The summed E-state index contributed by atoms with van der Waals surface area (Å²) in [6, 6.07) is 2.89. The number of pyridine rings is 1. The molecular formula is C5H3BrN2O2S. The zero-order valence-electron chi connectivity index (χ0n) is 5.20. The molecule has 58 valence electrons. The van der Waals surface area contributed by atoms with E-state index in [2.05, 4.69) is 20.9 Å². The molecule has 0 atom stereocenters. The van der Waals surface area contributed by atoms with Gasteiger partial charge in [0.2, 0.25) is 4.64 Å². The molecule has 0 fully saturated rings. The summed E-state index contributed by atoms with van der Waals surface area (Å²) >= 11 is 7.87. The highest BCUT2D eigenvalue weighted by molar-refractivity contribution is 9.10. The number of aromatic amines is 1. The minimum Gasteiger partial charge on any atom is -0.358 e. The summed E-state index contributed by atoms with van der Waals surface area (Å²) in [6.07, 6.45) is 0. The quantitative estimate of drug-likeness (QED) is 0.462. The van der Waals surface area contributed by atoms with Crippen molar-refractivity contribution in [2.45, 2.75) is 0 Å². The predicted molar refractivity (Wildman–Crippen MR) is 46.0 cm³/mol. The monoisotopic (exact) mass is 234 g/mol. The van der Waals surface area contributed by atoms with Gasteiger partial charge in [0, 0.05) is 6.07 Å². The fraction of sp³-hybridized carbons (Fsp3) is 0. The third-order valence-corrected chi connectivity index (χ3v) is 2.29. The Morgan fingerprint density at radius 2 is 2.27 bits per heavy atom. The van der Waals surface area contributed by atoms with E-state index in [0.717, 1.165) is 0 Å². The van der Waals surface area contributed by atoms with Crippen LogP contribution in [0.25, 0.3) is 0 Å². The van der Waals surface area contributed by atoms with Crippen LogP contribution in [0.5, 0.6) is 0 Å². The Kier molecular flexibility index (Phi) is 2.35. The molecule has 0 saturated heterocycles. The number of hydrogen-bond donors (Lipinski definition) is 1. The maximum absolute atomic E-state index is 10.2. The van der Waals surface area contributed by atoms with Gasteiger partial charge in [0.05, 0.1) is 4.47 Å². The Balaban J connectivity index is 3.26. The van der Waals surface area contributed by atoms with Crippen molar-refractivity contribution in [2.24, 2.45) is 0 Å². The van der Waals surface area contributed by atoms with Crippen molar-refractivity contribution in [1.82, 2.24) is 4.98 Å². The van der Waals surface area contributed by atoms with Crippen LogP contribution < -0.4 is 0 Å². The molecule has 4 nitrogen and oxygen atoms in total. The standard InChI is InChI=1S/C5H3BrN2O2S/c6-3-1-2-4(8(9)10)7-5(3)11/h1-2H,(H,7,11). The molecule has 11 heavy (non-hydrogen) atoms. The smallest absolute Gasteiger partial charge is 0.321 e. The highest BCUT2D eigenvalue weighted by Crippen LogP contribution is 2.14. The van der Waals surface area contributed by atoms with Crippen molar-refractivity contribution in [3.63, 3.8) is 0 Å². The zero-order chi connectivity index (χ0) is 8.43. The van der Waals surface area contributed by atoms with Crippen LogP contribution >= 0.6 is 28.1 Å². The number of H-pyrrole nitrogens is 1. The molecule has 0 radical (unpaired) electrons. The van der Waals surface area contributed by atoms with Crippen LogP contribution in [-0.2, 0) is 0 Å². The van der Waals surface area contributed by atoms with Crippen molar-refractivity contribution >= 4 is 34.0 Å². The first kappa shape index (κ1) is 8.35. The summed E-state index contributed by atoms with van der Waals surface area (Å²) in [7, 11) is 0. The van der Waals surface area contributed by atoms with Crippen LogP contribution in [0.1, 0.15) is 0 Å². The molecule has 1 rings (SSSR count). The van der Waals surface area contributed by atoms with Crippen molar-refractivity contribution in [3.05, 3.63) is 31.4 Å². The first-order valence-corrected chi connectivity index (χ1v) is 3.84. The third kappa shape index (κ3) is 1.84. The van der Waals surface area contributed by atoms with Crippen LogP contribution in [0.3, 0.4) is 0 Å². The van der Waals surface area contributed by atoms with Gasteiger partial charge in [-0.05, 0) is 39.1 Å². The molecule has 0 bridgehead atoms.